The zero-order chi connectivity index (χ0) is 20.2. The largest absolute Gasteiger partial charge is 0.388 e. The Morgan fingerprint density at radius 2 is 2.07 bits per heavy atom. The van der Waals surface area contributed by atoms with Crippen molar-refractivity contribution in [2.45, 2.75) is 50.4 Å². The minimum Gasteiger partial charge on any atom is -0.388 e. The molecule has 0 bridgehead atoms. The van der Waals surface area contributed by atoms with Gasteiger partial charge in [0.25, 0.3) is 0 Å². The summed E-state index contributed by atoms with van der Waals surface area (Å²) in [7, 11) is 6.15. The highest BCUT2D eigenvalue weighted by molar-refractivity contribution is 7.95. The minimum absolute atomic E-state index is 0.0871. The lowest BCUT2D eigenvalue weighted by Gasteiger charge is -2.28. The van der Waals surface area contributed by atoms with Gasteiger partial charge < -0.3 is 30.4 Å². The van der Waals surface area contributed by atoms with Crippen molar-refractivity contribution in [3.63, 3.8) is 0 Å². The molecule has 4 rings (SSSR count). The molecule has 1 aromatic rings. The number of likely N-dealkylation sites (N-methyl/N-ethyl adjacent to an activating group) is 1. The second-order valence-corrected chi connectivity index (χ2v) is 8.91. The van der Waals surface area contributed by atoms with E-state index < -0.39 is 0 Å². The van der Waals surface area contributed by atoms with Crippen LogP contribution in [0.15, 0.2) is 41.9 Å². The number of rotatable bonds is 8. The zero-order valence-corrected chi connectivity index (χ0v) is 18.4. The molecule has 29 heavy (non-hydrogen) atoms. The van der Waals surface area contributed by atoms with Gasteiger partial charge in [-0.2, -0.15) is 0 Å². The van der Waals surface area contributed by atoms with Crippen LogP contribution in [0.3, 0.4) is 0 Å². The molecule has 0 aromatic heterocycles. The third-order valence-electron chi connectivity index (χ3n) is 6.25. The average molecular weight is 416 g/mol. The lowest BCUT2D eigenvalue weighted by Crippen LogP contribution is -2.41. The van der Waals surface area contributed by atoms with Gasteiger partial charge in [0, 0.05) is 38.4 Å². The first-order valence-corrected chi connectivity index (χ1v) is 11.4. The molecular formula is C22H33N5OS. The van der Waals surface area contributed by atoms with Crippen molar-refractivity contribution in [2.24, 2.45) is 5.92 Å². The van der Waals surface area contributed by atoms with Crippen molar-refractivity contribution in [3.8, 4) is 0 Å². The SMILES string of the molecule is CNCc1c(COSC2NC=CC3=C2NC(C2CCCC2)N3C)cccc1NC. The molecular weight excluding hydrogens is 382 g/mol. The van der Waals surface area contributed by atoms with Crippen molar-refractivity contribution in [1.82, 2.24) is 20.9 Å². The van der Waals surface area contributed by atoms with E-state index in [1.165, 1.54) is 60.2 Å². The summed E-state index contributed by atoms with van der Waals surface area (Å²) >= 11 is 1.51. The molecule has 0 amide bonds. The van der Waals surface area contributed by atoms with Gasteiger partial charge in [0.15, 0.2) is 0 Å². The summed E-state index contributed by atoms with van der Waals surface area (Å²) in [6.45, 7) is 1.39. The standard InChI is InChI=1S/C22H33N5OS/c1-23-13-17-16(9-6-10-18(17)24-2)14-28-29-22-20-19(11-12-25-22)27(3)21(26-20)15-7-4-5-8-15/h6,9-12,15,21-26H,4-5,7-8,13-14H2,1-3H3. The summed E-state index contributed by atoms with van der Waals surface area (Å²) in [5.74, 6) is 0.735. The van der Waals surface area contributed by atoms with Crippen LogP contribution in [0.25, 0.3) is 0 Å². The molecule has 3 aliphatic rings. The Labute approximate surface area is 178 Å². The molecule has 4 N–H and O–H groups in total. The highest BCUT2D eigenvalue weighted by atomic mass is 32.2. The van der Waals surface area contributed by atoms with E-state index in [2.05, 4.69) is 57.5 Å². The lowest BCUT2D eigenvalue weighted by molar-refractivity contribution is 0.224. The van der Waals surface area contributed by atoms with Crippen molar-refractivity contribution in [2.75, 3.05) is 26.5 Å². The predicted molar refractivity (Wildman–Crippen MR) is 121 cm³/mol. The Hall–Kier alpha value is -1.83. The molecule has 0 radical (unpaired) electrons. The van der Waals surface area contributed by atoms with Crippen molar-refractivity contribution in [1.29, 1.82) is 0 Å². The van der Waals surface area contributed by atoms with E-state index in [9.17, 15) is 0 Å². The van der Waals surface area contributed by atoms with E-state index in [4.69, 9.17) is 4.18 Å². The second kappa shape index (κ2) is 9.32. The van der Waals surface area contributed by atoms with Crippen LogP contribution < -0.4 is 21.3 Å². The monoisotopic (exact) mass is 415 g/mol. The van der Waals surface area contributed by atoms with E-state index in [0.717, 1.165) is 18.2 Å². The van der Waals surface area contributed by atoms with Gasteiger partial charge in [-0.3, -0.25) is 0 Å². The summed E-state index contributed by atoms with van der Waals surface area (Å²) in [5.41, 5.74) is 6.15. The molecule has 2 unspecified atom stereocenters. The molecule has 0 spiro atoms. The summed E-state index contributed by atoms with van der Waals surface area (Å²) < 4.78 is 6.12. The van der Waals surface area contributed by atoms with E-state index in [1.807, 2.05) is 20.3 Å². The van der Waals surface area contributed by atoms with Crippen molar-refractivity contribution in [3.05, 3.63) is 53.0 Å². The summed E-state index contributed by atoms with van der Waals surface area (Å²) in [6, 6.07) is 6.33. The fourth-order valence-electron chi connectivity index (χ4n) is 4.72. The van der Waals surface area contributed by atoms with Crippen LogP contribution in [-0.2, 0) is 17.3 Å². The van der Waals surface area contributed by atoms with E-state index >= 15 is 0 Å². The Kier molecular flexibility index (Phi) is 6.57. The number of hydrogen-bond donors (Lipinski definition) is 4. The average Bonchev–Trinajstić information content (AvgIpc) is 3.38. The van der Waals surface area contributed by atoms with Crippen LogP contribution in [0.5, 0.6) is 0 Å². The fourth-order valence-corrected chi connectivity index (χ4v) is 5.47. The Morgan fingerprint density at radius 3 is 2.83 bits per heavy atom. The van der Waals surface area contributed by atoms with Crippen molar-refractivity contribution < 1.29 is 4.18 Å². The normalized spacial score (nSPS) is 23.9. The molecule has 6 nitrogen and oxygen atoms in total. The van der Waals surface area contributed by atoms with Crippen LogP contribution in [0.1, 0.15) is 36.8 Å². The van der Waals surface area contributed by atoms with Gasteiger partial charge in [0.2, 0.25) is 0 Å². The quantitative estimate of drug-likeness (QED) is 0.486. The molecule has 2 aliphatic heterocycles. The smallest absolute Gasteiger partial charge is 0.141 e. The maximum absolute atomic E-state index is 6.12. The number of benzene rings is 1. The maximum Gasteiger partial charge on any atom is 0.141 e. The first-order chi connectivity index (χ1) is 14.2. The molecule has 158 valence electrons. The van der Waals surface area contributed by atoms with Crippen LogP contribution in [0.4, 0.5) is 5.69 Å². The summed E-state index contributed by atoms with van der Waals surface area (Å²) in [5, 5.41) is 13.9. The number of allylic oxidation sites excluding steroid dienone is 1. The highest BCUT2D eigenvalue weighted by Gasteiger charge is 2.38. The molecule has 1 saturated carbocycles. The van der Waals surface area contributed by atoms with Crippen LogP contribution in [0, 0.1) is 5.92 Å². The molecule has 2 atom stereocenters. The Bertz CT molecular complexity index is 774. The van der Waals surface area contributed by atoms with Crippen LogP contribution in [-0.4, -0.2) is 37.6 Å². The van der Waals surface area contributed by atoms with Gasteiger partial charge in [-0.25, -0.2) is 0 Å². The van der Waals surface area contributed by atoms with E-state index in [0.29, 0.717) is 12.8 Å². The molecule has 2 heterocycles. The molecule has 0 saturated heterocycles. The minimum atomic E-state index is 0.0871. The number of dihydropyridines is 1. The lowest BCUT2D eigenvalue weighted by atomic mass is 10.0. The Morgan fingerprint density at radius 1 is 1.24 bits per heavy atom. The first kappa shape index (κ1) is 20.4. The molecule has 1 aromatic carbocycles. The van der Waals surface area contributed by atoms with Gasteiger partial charge >= 0.3 is 0 Å². The predicted octanol–water partition coefficient (Wildman–Crippen LogP) is 3.32. The van der Waals surface area contributed by atoms with Gasteiger partial charge in [-0.1, -0.05) is 25.0 Å². The Balaban J connectivity index is 1.39. The van der Waals surface area contributed by atoms with E-state index in [-0.39, 0.29) is 5.37 Å². The van der Waals surface area contributed by atoms with Gasteiger partial charge in [0.05, 0.1) is 18.0 Å². The second-order valence-electron chi connectivity index (χ2n) is 8.01. The van der Waals surface area contributed by atoms with Crippen LogP contribution in [0.2, 0.25) is 0 Å². The van der Waals surface area contributed by atoms with E-state index in [1.54, 1.807) is 0 Å². The number of hydrogen-bond acceptors (Lipinski definition) is 7. The molecule has 7 heteroatoms. The van der Waals surface area contributed by atoms with Crippen LogP contribution >= 0.6 is 12.0 Å². The number of nitrogens with one attached hydrogen (secondary N) is 4. The third-order valence-corrected chi connectivity index (χ3v) is 7.07. The first-order valence-electron chi connectivity index (χ1n) is 10.6. The third kappa shape index (κ3) is 4.22. The number of nitrogens with zero attached hydrogens (tertiary/aromatic N) is 1. The van der Waals surface area contributed by atoms with Gasteiger partial charge in [0.1, 0.15) is 11.5 Å². The fraction of sp³-hybridized carbons (Fsp3) is 0.545. The van der Waals surface area contributed by atoms with Crippen molar-refractivity contribution >= 4 is 17.7 Å². The number of anilines is 1. The molecule has 1 aliphatic carbocycles. The molecule has 1 fully saturated rings. The zero-order valence-electron chi connectivity index (χ0n) is 17.6. The highest BCUT2D eigenvalue weighted by Crippen LogP contribution is 2.37. The van der Waals surface area contributed by atoms with Gasteiger partial charge in [-0.15, -0.1) is 0 Å². The topological polar surface area (TPSA) is 60.6 Å². The van der Waals surface area contributed by atoms with Gasteiger partial charge in [-0.05, 0) is 55.3 Å². The summed E-state index contributed by atoms with van der Waals surface area (Å²) in [6.07, 6.45) is 9.99. The summed E-state index contributed by atoms with van der Waals surface area (Å²) in [4.78, 5) is 2.41. The maximum atomic E-state index is 6.12.